The van der Waals surface area contributed by atoms with E-state index in [1.54, 1.807) is 0 Å². The third-order valence-corrected chi connectivity index (χ3v) is 12.1. The van der Waals surface area contributed by atoms with Crippen LogP contribution in [0.25, 0.3) is 0 Å². The Morgan fingerprint density at radius 2 is 1.37 bits per heavy atom. The van der Waals surface area contributed by atoms with Crippen molar-refractivity contribution < 1.29 is 33.6 Å². The molecule has 310 valence electrons. The van der Waals surface area contributed by atoms with Crippen LogP contribution >= 0.6 is 0 Å². The van der Waals surface area contributed by atoms with Crippen LogP contribution in [-0.2, 0) is 33.6 Å². The zero-order chi connectivity index (χ0) is 39.0. The zero-order valence-corrected chi connectivity index (χ0v) is 35.6. The topological polar surface area (TPSA) is 83.6 Å². The summed E-state index contributed by atoms with van der Waals surface area (Å²) in [5.41, 5.74) is 2.16. The summed E-state index contributed by atoms with van der Waals surface area (Å²) in [5.74, 6) is 0.408. The van der Waals surface area contributed by atoms with E-state index in [2.05, 4.69) is 32.9 Å². The Morgan fingerprint density at radius 3 is 2.00 bits per heavy atom. The third kappa shape index (κ3) is 17.5. The highest BCUT2D eigenvalue weighted by Gasteiger charge is 2.43. The normalized spacial score (nSPS) is 23.3. The molecule has 0 saturated carbocycles. The molecular formula is C47H80O7. The van der Waals surface area contributed by atoms with E-state index in [4.69, 9.17) is 24.0 Å². The number of ketones is 1. The van der Waals surface area contributed by atoms with Crippen LogP contribution in [0.1, 0.15) is 214 Å². The minimum Gasteiger partial charge on any atom is -0.469 e. The van der Waals surface area contributed by atoms with Gasteiger partial charge in [0, 0.05) is 12.0 Å². The second-order valence-corrected chi connectivity index (χ2v) is 16.9. The van der Waals surface area contributed by atoms with E-state index in [0.717, 1.165) is 81.8 Å². The fraction of sp³-hybridized carbons (Fsp3) is 0.830. The number of ether oxygens (including phenoxy) is 3. The van der Waals surface area contributed by atoms with E-state index in [1.807, 2.05) is 13.8 Å². The summed E-state index contributed by atoms with van der Waals surface area (Å²) >= 11 is 0. The predicted molar refractivity (Wildman–Crippen MR) is 220 cm³/mol. The molecule has 54 heavy (non-hydrogen) atoms. The van der Waals surface area contributed by atoms with Gasteiger partial charge in [-0.05, 0) is 70.4 Å². The van der Waals surface area contributed by atoms with Gasteiger partial charge in [-0.2, -0.15) is 4.89 Å². The average molecular weight is 757 g/mol. The predicted octanol–water partition coefficient (Wildman–Crippen LogP) is 13.1. The van der Waals surface area contributed by atoms with Gasteiger partial charge in [-0.15, -0.1) is 0 Å². The highest BCUT2D eigenvalue weighted by molar-refractivity contribution is 6.09. The molecule has 0 radical (unpaired) electrons. The SMILES string of the molecule is CCCCCCCCCCCCCCCC[C@]1(C)CCC2=C(C)C(=O)C(C)=C(OO[C@H](/C=C/[C@@H]3O[C@H]3CCCCC)CCCCCCCC(=O)OC)[C@H]2O1. The van der Waals surface area contributed by atoms with Crippen molar-refractivity contribution in [1.82, 2.24) is 0 Å². The van der Waals surface area contributed by atoms with Crippen LogP contribution in [0.4, 0.5) is 0 Å². The Labute approximate surface area is 330 Å². The van der Waals surface area contributed by atoms with E-state index < -0.39 is 0 Å². The van der Waals surface area contributed by atoms with E-state index in [1.165, 1.54) is 110 Å². The minimum absolute atomic E-state index is 0.0272. The molecular weight excluding hydrogens is 677 g/mol. The Hall–Kier alpha value is -1.96. The van der Waals surface area contributed by atoms with Crippen LogP contribution in [0.15, 0.2) is 34.6 Å². The number of Topliss-reactive ketones (excluding diaryl/α,β-unsaturated/α-hetero) is 1. The van der Waals surface area contributed by atoms with Crippen LogP contribution < -0.4 is 0 Å². The Kier molecular flexibility index (Phi) is 23.1. The molecule has 3 aliphatic rings. The van der Waals surface area contributed by atoms with Gasteiger partial charge in [-0.3, -0.25) is 9.59 Å². The molecule has 2 saturated heterocycles. The number of allylic oxidation sites excluding steroid dienone is 2. The highest BCUT2D eigenvalue weighted by Crippen LogP contribution is 2.43. The first-order valence-corrected chi connectivity index (χ1v) is 22.6. The summed E-state index contributed by atoms with van der Waals surface area (Å²) in [6.45, 7) is 10.5. The number of carbonyl (C=O) groups excluding carboxylic acids is 2. The first kappa shape index (κ1) is 46.4. The lowest BCUT2D eigenvalue weighted by Gasteiger charge is -2.43. The van der Waals surface area contributed by atoms with Gasteiger partial charge in [0.05, 0.1) is 18.8 Å². The molecule has 2 aliphatic heterocycles. The molecule has 0 amide bonds. The first-order chi connectivity index (χ1) is 26.2. The maximum Gasteiger partial charge on any atom is 0.305 e. The van der Waals surface area contributed by atoms with E-state index in [9.17, 15) is 9.59 Å². The van der Waals surface area contributed by atoms with Gasteiger partial charge in [-0.25, -0.2) is 0 Å². The highest BCUT2D eigenvalue weighted by atomic mass is 17.2. The average Bonchev–Trinajstić information content (AvgIpc) is 3.93. The van der Waals surface area contributed by atoms with Crippen LogP contribution in [0, 0.1) is 0 Å². The molecule has 2 fully saturated rings. The molecule has 0 unspecified atom stereocenters. The number of hydrogen-bond acceptors (Lipinski definition) is 7. The number of unbranched alkanes of at least 4 members (excludes halogenated alkanes) is 19. The van der Waals surface area contributed by atoms with Crippen molar-refractivity contribution in [3.8, 4) is 0 Å². The molecule has 7 heteroatoms. The number of methoxy groups -OCH3 is 1. The molecule has 0 spiro atoms. The lowest BCUT2D eigenvalue weighted by atomic mass is 9.79. The van der Waals surface area contributed by atoms with Gasteiger partial charge >= 0.3 is 5.97 Å². The Bertz CT molecular complexity index is 1170. The number of epoxide rings is 1. The molecule has 0 bridgehead atoms. The van der Waals surface area contributed by atoms with Crippen molar-refractivity contribution in [2.45, 2.75) is 244 Å². The number of rotatable bonds is 32. The van der Waals surface area contributed by atoms with Crippen molar-refractivity contribution >= 4 is 11.8 Å². The Balaban J connectivity index is 1.48. The Morgan fingerprint density at radius 1 is 0.796 bits per heavy atom. The molecule has 0 aromatic rings. The van der Waals surface area contributed by atoms with Crippen molar-refractivity contribution in [2.24, 2.45) is 0 Å². The summed E-state index contributed by atoms with van der Waals surface area (Å²) in [5, 5.41) is 0. The number of hydrogen-bond donors (Lipinski definition) is 0. The maximum atomic E-state index is 13.4. The molecule has 0 aromatic heterocycles. The van der Waals surface area contributed by atoms with Crippen molar-refractivity contribution in [2.75, 3.05) is 7.11 Å². The summed E-state index contributed by atoms with van der Waals surface area (Å²) in [7, 11) is 1.44. The third-order valence-electron chi connectivity index (χ3n) is 12.1. The number of fused-ring (bicyclic) bond motifs is 1. The summed E-state index contributed by atoms with van der Waals surface area (Å²) in [6, 6.07) is 0. The molecule has 3 rings (SSSR count). The molecule has 0 aromatic carbocycles. The van der Waals surface area contributed by atoms with E-state index >= 15 is 0 Å². The number of esters is 1. The minimum atomic E-state index is -0.387. The van der Waals surface area contributed by atoms with Gasteiger partial charge in [0.1, 0.15) is 18.3 Å². The summed E-state index contributed by atoms with van der Waals surface area (Å²) in [6.07, 6.45) is 36.7. The van der Waals surface area contributed by atoms with E-state index in [0.29, 0.717) is 23.9 Å². The molecule has 1 aliphatic carbocycles. The fourth-order valence-electron chi connectivity index (χ4n) is 8.18. The molecule has 5 atom stereocenters. The van der Waals surface area contributed by atoms with Crippen LogP contribution in [0.3, 0.4) is 0 Å². The van der Waals surface area contributed by atoms with Crippen molar-refractivity contribution in [1.29, 1.82) is 0 Å². The van der Waals surface area contributed by atoms with Gasteiger partial charge in [0.25, 0.3) is 0 Å². The largest absolute Gasteiger partial charge is 0.469 e. The number of carbonyl (C=O) groups is 2. The second kappa shape index (κ2) is 26.8. The molecule has 0 N–H and O–H groups in total. The molecule has 2 heterocycles. The van der Waals surface area contributed by atoms with Gasteiger partial charge in [0.2, 0.25) is 0 Å². The van der Waals surface area contributed by atoms with Crippen LogP contribution in [-0.4, -0.2) is 48.9 Å². The van der Waals surface area contributed by atoms with Crippen LogP contribution in [0.5, 0.6) is 0 Å². The monoisotopic (exact) mass is 757 g/mol. The van der Waals surface area contributed by atoms with Crippen molar-refractivity contribution in [3.05, 3.63) is 34.6 Å². The fourth-order valence-corrected chi connectivity index (χ4v) is 8.18. The lowest BCUT2D eigenvalue weighted by Crippen LogP contribution is -2.43. The van der Waals surface area contributed by atoms with Gasteiger partial charge in [0.15, 0.2) is 11.5 Å². The smallest absolute Gasteiger partial charge is 0.305 e. The second-order valence-electron chi connectivity index (χ2n) is 16.9. The zero-order valence-electron chi connectivity index (χ0n) is 35.6. The summed E-state index contributed by atoms with van der Waals surface area (Å²) in [4.78, 5) is 37.2. The van der Waals surface area contributed by atoms with Gasteiger partial charge < -0.3 is 19.1 Å². The maximum absolute atomic E-state index is 13.4. The quantitative estimate of drug-likeness (QED) is 0.0169. The van der Waals surface area contributed by atoms with Crippen molar-refractivity contribution in [3.63, 3.8) is 0 Å². The first-order valence-electron chi connectivity index (χ1n) is 22.6. The summed E-state index contributed by atoms with van der Waals surface area (Å²) < 4.78 is 17.6. The lowest BCUT2D eigenvalue weighted by molar-refractivity contribution is -0.298. The molecule has 7 nitrogen and oxygen atoms in total. The van der Waals surface area contributed by atoms with E-state index in [-0.39, 0.29) is 35.7 Å². The van der Waals surface area contributed by atoms with Crippen LogP contribution in [0.2, 0.25) is 0 Å². The van der Waals surface area contributed by atoms with Gasteiger partial charge in [-0.1, -0.05) is 161 Å². The standard InChI is InChI=1S/C47H80O7/c1-7-9-11-12-13-14-15-16-17-18-19-20-24-28-35-47(5)36-34-40-37(3)44(49)38(4)45(46(40)52-47)54-53-39(29-26-22-21-23-27-31-43(48)50-6)32-33-42-41(51-42)30-25-10-8-2/h32-33,39,41-42,46H,7-31,34-36H2,1-6H3/b33-32+/t39-,41-,42-,46-,47+/m0/s1.